The molecule has 0 aliphatic rings. The molecule has 384 valence electrons. The number of alkyl halides is 3. The van der Waals surface area contributed by atoms with Gasteiger partial charge in [-0.05, 0) is 71.1 Å². The third-order valence-electron chi connectivity index (χ3n) is 13.1. The summed E-state index contributed by atoms with van der Waals surface area (Å²) in [4.78, 5) is 17.1. The lowest BCUT2D eigenvalue weighted by Crippen LogP contribution is -2.53. The highest BCUT2D eigenvalue weighted by atomic mass is 28.4. The first kappa shape index (κ1) is 63.7. The molecular weight excluding hydrogens is 936 g/mol. The monoisotopic (exact) mass is 1020 g/mol. The van der Waals surface area contributed by atoms with E-state index in [1.165, 1.54) is 112 Å². The first-order chi connectivity index (χ1) is 30.3. The smallest absolute Gasteiger partial charge is 0.377 e. The molecule has 0 aliphatic heterocycles. The summed E-state index contributed by atoms with van der Waals surface area (Å²) in [5, 5.41) is 0. The van der Waals surface area contributed by atoms with Gasteiger partial charge in [0.05, 0.1) is 5.41 Å². The number of halogens is 3. The van der Waals surface area contributed by atoms with Crippen LogP contribution >= 0.6 is 0 Å². The van der Waals surface area contributed by atoms with Crippen molar-refractivity contribution in [3.05, 3.63) is 0 Å². The summed E-state index contributed by atoms with van der Waals surface area (Å²) < 4.78 is 134. The summed E-state index contributed by atoms with van der Waals surface area (Å²) >= 11 is 0. The van der Waals surface area contributed by atoms with Crippen LogP contribution in [0.25, 0.3) is 0 Å². The fourth-order valence-corrected chi connectivity index (χ4v) is 17.5. The standard InChI is InChI=1S/C39H86F3NO16Si5/c1-17-43(35-38(39(40,41)42,28-18-20-30-60(45-2,46-3)47-4)29-19-21-31-61(48-5,49-6)50-7)36(44)37(25-22-32-62(51-8,52-9)53-10,26-23-33-63(54-11,55-12)56-13)27-24-34-64(57-14,58-15)59-16/h17-35H2,1-16H3. The Morgan fingerprint density at radius 2 is 0.625 bits per heavy atom. The van der Waals surface area contributed by atoms with Gasteiger partial charge >= 0.3 is 50.2 Å². The van der Waals surface area contributed by atoms with E-state index < -0.39 is 67.6 Å². The predicted molar refractivity (Wildman–Crippen MR) is 247 cm³/mol. The zero-order chi connectivity index (χ0) is 49.2. The van der Waals surface area contributed by atoms with Crippen molar-refractivity contribution < 1.29 is 84.4 Å². The van der Waals surface area contributed by atoms with E-state index in [1.807, 2.05) is 0 Å². The lowest BCUT2D eigenvalue weighted by molar-refractivity contribution is -0.236. The summed E-state index contributed by atoms with van der Waals surface area (Å²) in [6, 6.07) is 1.76. The zero-order valence-electron chi connectivity index (χ0n) is 42.0. The van der Waals surface area contributed by atoms with Crippen molar-refractivity contribution in [2.24, 2.45) is 10.8 Å². The Bertz CT molecular complexity index is 1100. The van der Waals surface area contributed by atoms with E-state index in [2.05, 4.69) is 0 Å². The molecule has 64 heavy (non-hydrogen) atoms. The van der Waals surface area contributed by atoms with E-state index in [9.17, 15) is 0 Å². The van der Waals surface area contributed by atoms with Gasteiger partial charge in [0.25, 0.3) is 0 Å². The molecular formula is C39H86F3NO16Si5. The van der Waals surface area contributed by atoms with Crippen LogP contribution in [0.5, 0.6) is 0 Å². The van der Waals surface area contributed by atoms with Gasteiger partial charge in [-0.2, -0.15) is 13.2 Å². The minimum Gasteiger partial charge on any atom is -0.377 e. The van der Waals surface area contributed by atoms with Crippen molar-refractivity contribution in [3.8, 4) is 0 Å². The molecule has 0 radical (unpaired) electrons. The topological polar surface area (TPSA) is 159 Å². The second-order valence-corrected chi connectivity index (χ2v) is 31.3. The van der Waals surface area contributed by atoms with Crippen LogP contribution in [0.15, 0.2) is 0 Å². The van der Waals surface area contributed by atoms with Gasteiger partial charge in [0.15, 0.2) is 0 Å². The number of nitrogens with zero attached hydrogens (tertiary/aromatic N) is 1. The van der Waals surface area contributed by atoms with Crippen LogP contribution in [0.3, 0.4) is 0 Å². The largest absolute Gasteiger partial charge is 0.500 e. The van der Waals surface area contributed by atoms with Gasteiger partial charge in [-0.1, -0.05) is 12.8 Å². The molecule has 0 spiro atoms. The molecule has 17 nitrogen and oxygen atoms in total. The summed E-state index contributed by atoms with van der Waals surface area (Å²) in [6.45, 7) is 1.21. The van der Waals surface area contributed by atoms with Gasteiger partial charge < -0.3 is 71.3 Å². The maximum absolute atomic E-state index is 16.1. The van der Waals surface area contributed by atoms with E-state index in [1.54, 1.807) is 6.92 Å². The van der Waals surface area contributed by atoms with E-state index in [-0.39, 0.29) is 38.1 Å². The van der Waals surface area contributed by atoms with Gasteiger partial charge in [-0.15, -0.1) is 0 Å². The van der Waals surface area contributed by atoms with E-state index in [4.69, 9.17) is 66.4 Å². The van der Waals surface area contributed by atoms with Gasteiger partial charge in [0, 0.05) is 155 Å². The van der Waals surface area contributed by atoms with Crippen molar-refractivity contribution >= 4 is 49.9 Å². The fraction of sp³-hybridized carbons (Fsp3) is 0.974. The van der Waals surface area contributed by atoms with Crippen LogP contribution in [0, 0.1) is 10.8 Å². The van der Waals surface area contributed by atoms with Crippen LogP contribution in [-0.4, -0.2) is 181 Å². The molecule has 1 amide bonds. The van der Waals surface area contributed by atoms with Gasteiger partial charge in [-0.25, -0.2) is 0 Å². The number of unbranched alkanes of at least 4 members (excludes halogenated alkanes) is 2. The van der Waals surface area contributed by atoms with Crippen molar-refractivity contribution in [2.45, 2.75) is 120 Å². The molecule has 25 heteroatoms. The Hall–Kier alpha value is -0.256. The fourth-order valence-electron chi connectivity index (χ4n) is 8.70. The highest BCUT2D eigenvalue weighted by Gasteiger charge is 2.56. The Balaban J connectivity index is 7.64. The van der Waals surface area contributed by atoms with Crippen LogP contribution in [0.2, 0.25) is 30.2 Å². The Morgan fingerprint density at radius 1 is 0.391 bits per heavy atom. The minimum absolute atomic E-state index is 0.0329. The molecule has 0 saturated carbocycles. The Labute approximate surface area is 388 Å². The molecule has 0 aromatic heterocycles. The molecule has 0 N–H and O–H groups in total. The second-order valence-electron chi connectivity index (χ2n) is 15.8. The number of carbonyl (C=O) groups excluding carboxylic acids is 1. The summed E-state index contributed by atoms with van der Waals surface area (Å²) in [7, 11) is 7.06. The maximum Gasteiger partial charge on any atom is 0.500 e. The number of amides is 1. The molecule has 0 atom stereocenters. The van der Waals surface area contributed by atoms with Crippen LogP contribution in [-0.2, 0) is 71.2 Å². The van der Waals surface area contributed by atoms with E-state index in [0.717, 1.165) is 0 Å². The normalized spacial score (nSPS) is 13.9. The average molecular weight is 1020 g/mol. The lowest BCUT2D eigenvalue weighted by atomic mass is 9.72. The molecule has 0 aliphatic carbocycles. The SMILES string of the molecule is CCN(CC(CCCC[Si](OC)(OC)OC)(CCCC[Si](OC)(OC)OC)C(F)(F)F)C(=O)C(CCC[Si](OC)(OC)OC)(CCC[Si](OC)(OC)OC)CCC[Si](OC)(OC)OC. The van der Waals surface area contributed by atoms with E-state index >= 15 is 18.0 Å². The quantitative estimate of drug-likeness (QED) is 0.0439. The van der Waals surface area contributed by atoms with Crippen LogP contribution < -0.4 is 0 Å². The second kappa shape index (κ2) is 31.1. The molecule has 0 saturated heterocycles. The lowest BCUT2D eigenvalue weighted by Gasteiger charge is -2.44. The van der Waals surface area contributed by atoms with Gasteiger partial charge in [0.1, 0.15) is 0 Å². The molecule has 0 rings (SSSR count). The van der Waals surface area contributed by atoms with Crippen molar-refractivity contribution in [1.82, 2.24) is 4.90 Å². The number of hydrogen-bond acceptors (Lipinski definition) is 16. The molecule has 0 aromatic rings. The summed E-state index contributed by atoms with van der Waals surface area (Å²) in [5.41, 5.74) is -3.45. The van der Waals surface area contributed by atoms with Crippen molar-refractivity contribution in [1.29, 1.82) is 0 Å². The zero-order valence-corrected chi connectivity index (χ0v) is 47.0. The molecule has 0 fully saturated rings. The highest BCUT2D eigenvalue weighted by molar-refractivity contribution is 6.62. The first-order valence-corrected chi connectivity index (χ1v) is 31.6. The molecule has 0 bridgehead atoms. The Kier molecular flexibility index (Phi) is 30.9. The van der Waals surface area contributed by atoms with Crippen molar-refractivity contribution in [2.75, 3.05) is 120 Å². The van der Waals surface area contributed by atoms with E-state index in [0.29, 0.717) is 81.6 Å². The average Bonchev–Trinajstić information content (AvgIpc) is 3.32. The predicted octanol–water partition coefficient (Wildman–Crippen LogP) is 7.44. The number of rotatable bonds is 41. The Morgan fingerprint density at radius 3 is 0.828 bits per heavy atom. The van der Waals surface area contributed by atoms with Crippen LogP contribution in [0.4, 0.5) is 13.2 Å². The maximum atomic E-state index is 16.1. The highest BCUT2D eigenvalue weighted by Crippen LogP contribution is 2.49. The summed E-state index contributed by atoms with van der Waals surface area (Å²) in [5.74, 6) is -0.378. The number of hydrogen-bond donors (Lipinski definition) is 0. The van der Waals surface area contributed by atoms with Crippen LogP contribution in [0.1, 0.15) is 84.0 Å². The molecule has 0 unspecified atom stereocenters. The van der Waals surface area contributed by atoms with Crippen molar-refractivity contribution in [3.63, 3.8) is 0 Å². The number of carbonyl (C=O) groups is 1. The molecule has 0 heterocycles. The molecule has 0 aromatic carbocycles. The minimum atomic E-state index is -4.69. The van der Waals surface area contributed by atoms with Gasteiger partial charge in [0.2, 0.25) is 5.91 Å². The first-order valence-electron chi connectivity index (χ1n) is 21.9. The third kappa shape index (κ3) is 17.9. The summed E-state index contributed by atoms with van der Waals surface area (Å²) in [6.07, 6.45) is -1.94. The van der Waals surface area contributed by atoms with Gasteiger partial charge in [-0.3, -0.25) is 4.79 Å². The third-order valence-corrected chi connectivity index (χ3v) is 27.2.